The maximum Gasteiger partial charge on any atom is 0.336 e. The number of carboxylic acid groups (broad SMARTS) is 1. The van der Waals surface area contributed by atoms with Gasteiger partial charge in [0.15, 0.2) is 5.78 Å². The van der Waals surface area contributed by atoms with Crippen LogP contribution in [0.25, 0.3) is 0 Å². The summed E-state index contributed by atoms with van der Waals surface area (Å²) in [7, 11) is 1.62. The van der Waals surface area contributed by atoms with Crippen molar-refractivity contribution in [1.82, 2.24) is 0 Å². The molecule has 0 bridgehead atoms. The average molecular weight is 371 g/mol. The van der Waals surface area contributed by atoms with Crippen molar-refractivity contribution in [3.05, 3.63) is 65.2 Å². The number of ether oxygens (including phenoxy) is 1. The van der Waals surface area contributed by atoms with Crippen LogP contribution in [0, 0.1) is 0 Å². The van der Waals surface area contributed by atoms with Crippen LogP contribution in [0.5, 0.6) is 0 Å². The standard InChI is InChI=1S/C21H25NO5/c1-21(2,26)14-22(12-13-27-3)16-10-8-15(9-11-16)19(23)17-6-4-5-7-18(17)20(24)25/h4-11,26H,12-14H2,1-3H3,(H,24,25). The lowest BCUT2D eigenvalue weighted by Gasteiger charge is -2.30. The molecule has 0 fully saturated rings. The summed E-state index contributed by atoms with van der Waals surface area (Å²) in [6.45, 7) is 4.96. The fraction of sp³-hybridized carbons (Fsp3) is 0.333. The summed E-state index contributed by atoms with van der Waals surface area (Å²) in [4.78, 5) is 26.0. The van der Waals surface area contributed by atoms with Gasteiger partial charge in [-0.3, -0.25) is 4.79 Å². The van der Waals surface area contributed by atoms with E-state index in [0.29, 0.717) is 25.3 Å². The number of carboxylic acids is 1. The Hall–Kier alpha value is -2.70. The molecule has 27 heavy (non-hydrogen) atoms. The number of carbonyl (C=O) groups is 2. The van der Waals surface area contributed by atoms with E-state index in [0.717, 1.165) is 5.69 Å². The molecular formula is C21H25NO5. The first-order valence-electron chi connectivity index (χ1n) is 8.66. The summed E-state index contributed by atoms with van der Waals surface area (Å²) in [5, 5.41) is 19.4. The maximum absolute atomic E-state index is 12.7. The Bertz CT molecular complexity index is 793. The fourth-order valence-corrected chi connectivity index (χ4v) is 2.81. The van der Waals surface area contributed by atoms with E-state index in [9.17, 15) is 19.8 Å². The number of hydrogen-bond acceptors (Lipinski definition) is 5. The van der Waals surface area contributed by atoms with Crippen molar-refractivity contribution in [1.29, 1.82) is 0 Å². The number of nitrogens with zero attached hydrogens (tertiary/aromatic N) is 1. The molecule has 2 rings (SSSR count). The third kappa shape index (κ3) is 5.64. The van der Waals surface area contributed by atoms with Crippen LogP contribution in [0.2, 0.25) is 0 Å². The van der Waals surface area contributed by atoms with Crippen molar-refractivity contribution in [2.75, 3.05) is 31.7 Å². The zero-order valence-electron chi connectivity index (χ0n) is 15.8. The van der Waals surface area contributed by atoms with Gasteiger partial charge >= 0.3 is 5.97 Å². The smallest absolute Gasteiger partial charge is 0.336 e. The molecule has 0 spiro atoms. The molecule has 2 aromatic carbocycles. The summed E-state index contributed by atoms with van der Waals surface area (Å²) >= 11 is 0. The van der Waals surface area contributed by atoms with Crippen LogP contribution in [0.4, 0.5) is 5.69 Å². The van der Waals surface area contributed by atoms with Gasteiger partial charge in [-0.1, -0.05) is 18.2 Å². The molecule has 6 nitrogen and oxygen atoms in total. The first kappa shape index (κ1) is 20.6. The highest BCUT2D eigenvalue weighted by Gasteiger charge is 2.20. The summed E-state index contributed by atoms with van der Waals surface area (Å²) < 4.78 is 5.13. The van der Waals surface area contributed by atoms with Crippen LogP contribution in [0.1, 0.15) is 40.1 Å². The van der Waals surface area contributed by atoms with Crippen molar-refractivity contribution in [2.24, 2.45) is 0 Å². The highest BCUT2D eigenvalue weighted by molar-refractivity contribution is 6.14. The van der Waals surface area contributed by atoms with E-state index in [1.165, 1.54) is 12.1 Å². The van der Waals surface area contributed by atoms with Crippen LogP contribution in [-0.4, -0.2) is 54.4 Å². The van der Waals surface area contributed by atoms with Gasteiger partial charge in [0, 0.05) is 37.0 Å². The molecule has 2 N–H and O–H groups in total. The van der Waals surface area contributed by atoms with E-state index in [-0.39, 0.29) is 16.9 Å². The molecule has 0 aliphatic rings. The van der Waals surface area contributed by atoms with Gasteiger partial charge in [0.05, 0.1) is 17.8 Å². The minimum atomic E-state index is -1.13. The molecule has 0 aliphatic heterocycles. The number of carbonyl (C=O) groups excluding carboxylic acids is 1. The van der Waals surface area contributed by atoms with E-state index in [4.69, 9.17) is 4.74 Å². The Morgan fingerprint density at radius 1 is 1.04 bits per heavy atom. The number of anilines is 1. The minimum absolute atomic E-state index is 0.0182. The average Bonchev–Trinajstić information content (AvgIpc) is 2.63. The predicted octanol–water partition coefficient (Wildman–Crippen LogP) is 2.84. The van der Waals surface area contributed by atoms with Crippen LogP contribution < -0.4 is 4.90 Å². The van der Waals surface area contributed by atoms with Crippen LogP contribution in [0.15, 0.2) is 48.5 Å². The quantitative estimate of drug-likeness (QED) is 0.659. The molecular weight excluding hydrogens is 346 g/mol. The first-order valence-corrected chi connectivity index (χ1v) is 8.66. The van der Waals surface area contributed by atoms with Crippen molar-refractivity contribution in [2.45, 2.75) is 19.4 Å². The monoisotopic (exact) mass is 371 g/mol. The summed E-state index contributed by atoms with van der Waals surface area (Å²) in [6, 6.07) is 13.1. The van der Waals surface area contributed by atoms with Crippen molar-refractivity contribution in [3.63, 3.8) is 0 Å². The lowest BCUT2D eigenvalue weighted by atomic mass is 9.98. The molecule has 0 atom stereocenters. The Labute approximate surface area is 159 Å². The summed E-state index contributed by atoms with van der Waals surface area (Å²) in [5.41, 5.74) is 0.503. The highest BCUT2D eigenvalue weighted by atomic mass is 16.5. The molecule has 0 heterocycles. The van der Waals surface area contributed by atoms with Gasteiger partial charge in [-0.15, -0.1) is 0 Å². The van der Waals surface area contributed by atoms with Crippen LogP contribution >= 0.6 is 0 Å². The molecule has 144 valence electrons. The van der Waals surface area contributed by atoms with Gasteiger partial charge in [0.25, 0.3) is 0 Å². The number of benzene rings is 2. The van der Waals surface area contributed by atoms with Gasteiger partial charge in [-0.25, -0.2) is 4.79 Å². The first-order chi connectivity index (χ1) is 12.7. The summed E-state index contributed by atoms with van der Waals surface area (Å²) in [5.74, 6) is -1.48. The van der Waals surface area contributed by atoms with Crippen LogP contribution in [-0.2, 0) is 4.74 Å². The maximum atomic E-state index is 12.7. The van der Waals surface area contributed by atoms with Gasteiger partial charge < -0.3 is 19.8 Å². The van der Waals surface area contributed by atoms with Crippen LogP contribution in [0.3, 0.4) is 0 Å². The Kier molecular flexibility index (Phi) is 6.71. The van der Waals surface area contributed by atoms with E-state index in [1.807, 2.05) is 4.90 Å². The highest BCUT2D eigenvalue weighted by Crippen LogP contribution is 2.21. The number of ketones is 1. The molecule has 0 saturated heterocycles. The predicted molar refractivity (Wildman–Crippen MR) is 104 cm³/mol. The third-order valence-corrected chi connectivity index (χ3v) is 4.04. The van der Waals surface area contributed by atoms with E-state index in [2.05, 4.69) is 0 Å². The SMILES string of the molecule is COCCN(CC(C)(C)O)c1ccc(C(=O)c2ccccc2C(=O)O)cc1. The van der Waals surface area contributed by atoms with Gasteiger partial charge in [-0.2, -0.15) is 0 Å². The van der Waals surface area contributed by atoms with Crippen molar-refractivity contribution >= 4 is 17.4 Å². The Morgan fingerprint density at radius 2 is 1.63 bits per heavy atom. The summed E-state index contributed by atoms with van der Waals surface area (Å²) in [6.07, 6.45) is 0. The zero-order chi connectivity index (χ0) is 20.0. The molecule has 0 unspecified atom stereocenters. The molecule has 0 amide bonds. The van der Waals surface area contributed by atoms with Gasteiger partial charge in [0.2, 0.25) is 0 Å². The molecule has 0 aliphatic carbocycles. The fourth-order valence-electron chi connectivity index (χ4n) is 2.81. The second-order valence-electron chi connectivity index (χ2n) is 6.95. The molecule has 6 heteroatoms. The number of aliphatic hydroxyl groups is 1. The third-order valence-electron chi connectivity index (χ3n) is 4.04. The van der Waals surface area contributed by atoms with Crippen molar-refractivity contribution < 1.29 is 24.5 Å². The lowest BCUT2D eigenvalue weighted by Crippen LogP contribution is -2.40. The number of methoxy groups -OCH3 is 1. The van der Waals surface area contributed by atoms with Crippen molar-refractivity contribution in [3.8, 4) is 0 Å². The second kappa shape index (κ2) is 8.79. The second-order valence-corrected chi connectivity index (χ2v) is 6.95. The topological polar surface area (TPSA) is 87.1 Å². The Morgan fingerprint density at radius 3 is 2.15 bits per heavy atom. The number of rotatable bonds is 9. The number of hydrogen-bond donors (Lipinski definition) is 2. The lowest BCUT2D eigenvalue weighted by molar-refractivity contribution is 0.0692. The Balaban J connectivity index is 2.27. The van der Waals surface area contributed by atoms with E-state index >= 15 is 0 Å². The molecule has 0 radical (unpaired) electrons. The normalized spacial score (nSPS) is 11.3. The van der Waals surface area contributed by atoms with E-state index < -0.39 is 11.6 Å². The molecule has 0 aromatic heterocycles. The zero-order valence-corrected chi connectivity index (χ0v) is 15.8. The van der Waals surface area contributed by atoms with Gasteiger partial charge in [0.1, 0.15) is 0 Å². The minimum Gasteiger partial charge on any atom is -0.478 e. The van der Waals surface area contributed by atoms with E-state index in [1.54, 1.807) is 57.4 Å². The molecule has 2 aromatic rings. The molecule has 0 saturated carbocycles. The largest absolute Gasteiger partial charge is 0.478 e. The number of aromatic carboxylic acids is 1. The van der Waals surface area contributed by atoms with Gasteiger partial charge in [-0.05, 0) is 44.2 Å².